The lowest BCUT2D eigenvalue weighted by Gasteiger charge is -2.08. The van der Waals surface area contributed by atoms with E-state index in [9.17, 15) is 13.2 Å². The number of rotatable bonds is 2. The highest BCUT2D eigenvalue weighted by Crippen LogP contribution is 2.28. The second kappa shape index (κ2) is 5.21. The largest absolute Gasteiger partial charge is 0.433 e. The molecule has 2 rings (SSSR count). The van der Waals surface area contributed by atoms with Crippen LogP contribution in [0.25, 0.3) is 0 Å². The third-order valence-electron chi connectivity index (χ3n) is 2.71. The maximum absolute atomic E-state index is 12.4. The standard InChI is InChI=1S/C14H11ClF3N/c1-9-2-4-12(15)11(6-9)7-10-3-5-13(19-8-10)14(16,17)18/h2-6,8H,7H2,1H3. The molecule has 1 heterocycles. The van der Waals surface area contributed by atoms with Crippen molar-refractivity contribution in [1.82, 2.24) is 4.98 Å². The molecule has 100 valence electrons. The van der Waals surface area contributed by atoms with E-state index in [1.807, 2.05) is 19.1 Å². The van der Waals surface area contributed by atoms with Gasteiger partial charge in [0.2, 0.25) is 0 Å². The number of aromatic nitrogens is 1. The average molecular weight is 286 g/mol. The van der Waals surface area contributed by atoms with E-state index in [0.717, 1.165) is 17.2 Å². The molecular weight excluding hydrogens is 275 g/mol. The maximum Gasteiger partial charge on any atom is 0.433 e. The molecule has 0 N–H and O–H groups in total. The monoisotopic (exact) mass is 285 g/mol. The van der Waals surface area contributed by atoms with E-state index in [0.29, 0.717) is 17.0 Å². The van der Waals surface area contributed by atoms with Gasteiger partial charge in [-0.15, -0.1) is 0 Å². The van der Waals surface area contributed by atoms with Crippen LogP contribution in [0.3, 0.4) is 0 Å². The van der Waals surface area contributed by atoms with Crippen LogP contribution in [0.5, 0.6) is 0 Å². The highest BCUT2D eigenvalue weighted by Gasteiger charge is 2.31. The summed E-state index contributed by atoms with van der Waals surface area (Å²) in [6.07, 6.45) is -2.70. The van der Waals surface area contributed by atoms with Crippen LogP contribution in [0.1, 0.15) is 22.4 Å². The van der Waals surface area contributed by atoms with Crippen LogP contribution in [0.15, 0.2) is 36.5 Å². The summed E-state index contributed by atoms with van der Waals surface area (Å²) in [5.41, 5.74) is 1.74. The highest BCUT2D eigenvalue weighted by atomic mass is 35.5. The van der Waals surface area contributed by atoms with Gasteiger partial charge in [-0.2, -0.15) is 13.2 Å². The predicted octanol–water partition coefficient (Wildman–Crippen LogP) is 4.65. The zero-order chi connectivity index (χ0) is 14.0. The summed E-state index contributed by atoms with van der Waals surface area (Å²) in [5.74, 6) is 0. The second-order valence-corrected chi connectivity index (χ2v) is 4.73. The van der Waals surface area contributed by atoms with Crippen molar-refractivity contribution in [2.45, 2.75) is 19.5 Å². The average Bonchev–Trinajstić information content (AvgIpc) is 2.33. The van der Waals surface area contributed by atoms with Crippen LogP contribution in [0.4, 0.5) is 13.2 Å². The molecule has 1 aromatic heterocycles. The van der Waals surface area contributed by atoms with Crippen LogP contribution in [0, 0.1) is 6.92 Å². The molecule has 0 aliphatic carbocycles. The number of halogens is 4. The van der Waals surface area contributed by atoms with Gasteiger partial charge in [0.15, 0.2) is 0 Å². The SMILES string of the molecule is Cc1ccc(Cl)c(Cc2ccc(C(F)(F)F)nc2)c1. The molecule has 0 amide bonds. The van der Waals surface area contributed by atoms with E-state index in [2.05, 4.69) is 4.98 Å². The van der Waals surface area contributed by atoms with Crippen LogP contribution < -0.4 is 0 Å². The summed E-state index contributed by atoms with van der Waals surface area (Å²) in [4.78, 5) is 3.43. The van der Waals surface area contributed by atoms with Crippen molar-refractivity contribution >= 4 is 11.6 Å². The number of hydrogen-bond donors (Lipinski definition) is 0. The van der Waals surface area contributed by atoms with Gasteiger partial charge in [0, 0.05) is 17.6 Å². The Bertz CT molecular complexity index is 576. The molecule has 0 fully saturated rings. The van der Waals surface area contributed by atoms with E-state index in [1.54, 1.807) is 6.07 Å². The van der Waals surface area contributed by atoms with Gasteiger partial charge < -0.3 is 0 Å². The van der Waals surface area contributed by atoms with Gasteiger partial charge in [0.05, 0.1) is 0 Å². The first-order valence-electron chi connectivity index (χ1n) is 5.63. The first-order valence-corrected chi connectivity index (χ1v) is 6.01. The topological polar surface area (TPSA) is 12.9 Å². The van der Waals surface area contributed by atoms with Crippen molar-refractivity contribution in [3.63, 3.8) is 0 Å². The molecular formula is C14H11ClF3N. The number of nitrogens with zero attached hydrogens (tertiary/aromatic N) is 1. The lowest BCUT2D eigenvalue weighted by Crippen LogP contribution is -2.07. The zero-order valence-corrected chi connectivity index (χ0v) is 10.9. The number of alkyl halides is 3. The lowest BCUT2D eigenvalue weighted by molar-refractivity contribution is -0.141. The van der Waals surface area contributed by atoms with Crippen molar-refractivity contribution < 1.29 is 13.2 Å². The van der Waals surface area contributed by atoms with Crippen molar-refractivity contribution in [2.24, 2.45) is 0 Å². The fraction of sp³-hybridized carbons (Fsp3) is 0.214. The first kappa shape index (κ1) is 13.9. The van der Waals surface area contributed by atoms with E-state index >= 15 is 0 Å². The van der Waals surface area contributed by atoms with Gasteiger partial charge >= 0.3 is 6.18 Å². The third-order valence-corrected chi connectivity index (χ3v) is 3.08. The Balaban J connectivity index is 2.22. The molecule has 0 spiro atoms. The van der Waals surface area contributed by atoms with Crippen LogP contribution in [-0.2, 0) is 12.6 Å². The molecule has 0 atom stereocenters. The zero-order valence-electron chi connectivity index (χ0n) is 10.1. The van der Waals surface area contributed by atoms with E-state index in [1.165, 1.54) is 12.3 Å². The molecule has 0 aliphatic rings. The van der Waals surface area contributed by atoms with Crippen molar-refractivity contribution in [2.75, 3.05) is 0 Å². The Labute approximate surface area is 114 Å². The molecule has 2 aromatic rings. The van der Waals surface area contributed by atoms with Crippen molar-refractivity contribution in [3.05, 3.63) is 63.9 Å². The molecule has 5 heteroatoms. The number of benzene rings is 1. The Hall–Kier alpha value is -1.55. The van der Waals surface area contributed by atoms with E-state index < -0.39 is 11.9 Å². The number of aryl methyl sites for hydroxylation is 1. The van der Waals surface area contributed by atoms with E-state index in [4.69, 9.17) is 11.6 Å². The molecule has 1 nitrogen and oxygen atoms in total. The molecule has 19 heavy (non-hydrogen) atoms. The minimum atomic E-state index is -4.40. The fourth-order valence-electron chi connectivity index (χ4n) is 1.76. The van der Waals surface area contributed by atoms with Gasteiger partial charge in [-0.25, -0.2) is 0 Å². The Kier molecular flexibility index (Phi) is 3.80. The predicted molar refractivity (Wildman–Crippen MR) is 68.2 cm³/mol. The van der Waals surface area contributed by atoms with Gasteiger partial charge in [0.25, 0.3) is 0 Å². The van der Waals surface area contributed by atoms with Crippen LogP contribution in [-0.4, -0.2) is 4.98 Å². The second-order valence-electron chi connectivity index (χ2n) is 4.32. The third kappa shape index (κ3) is 3.47. The Morgan fingerprint density at radius 3 is 2.47 bits per heavy atom. The minimum absolute atomic E-state index is 0.464. The molecule has 1 aromatic carbocycles. The molecule has 0 aliphatic heterocycles. The van der Waals surface area contributed by atoms with Gasteiger partial charge in [0.1, 0.15) is 5.69 Å². The summed E-state index contributed by atoms with van der Waals surface area (Å²) >= 11 is 6.05. The Morgan fingerprint density at radius 1 is 1.16 bits per heavy atom. The number of pyridine rings is 1. The van der Waals surface area contributed by atoms with Crippen LogP contribution >= 0.6 is 11.6 Å². The molecule has 0 saturated heterocycles. The van der Waals surface area contributed by atoms with E-state index in [-0.39, 0.29) is 0 Å². The number of hydrogen-bond acceptors (Lipinski definition) is 1. The summed E-state index contributed by atoms with van der Waals surface area (Å²) in [6.45, 7) is 1.94. The van der Waals surface area contributed by atoms with Crippen molar-refractivity contribution in [1.29, 1.82) is 0 Å². The molecule has 0 bridgehead atoms. The fourth-order valence-corrected chi connectivity index (χ4v) is 1.94. The first-order chi connectivity index (χ1) is 8.86. The Morgan fingerprint density at radius 2 is 1.89 bits per heavy atom. The molecule has 0 saturated carbocycles. The summed E-state index contributed by atoms with van der Waals surface area (Å²) in [6, 6.07) is 7.99. The van der Waals surface area contributed by atoms with Gasteiger partial charge in [-0.1, -0.05) is 35.4 Å². The molecule has 0 unspecified atom stereocenters. The quantitative estimate of drug-likeness (QED) is 0.782. The molecule has 0 radical (unpaired) electrons. The summed E-state index contributed by atoms with van der Waals surface area (Å²) in [7, 11) is 0. The summed E-state index contributed by atoms with van der Waals surface area (Å²) < 4.78 is 37.1. The minimum Gasteiger partial charge on any atom is -0.251 e. The lowest BCUT2D eigenvalue weighted by atomic mass is 10.0. The van der Waals surface area contributed by atoms with Gasteiger partial charge in [-0.3, -0.25) is 4.98 Å². The van der Waals surface area contributed by atoms with Crippen LogP contribution in [0.2, 0.25) is 5.02 Å². The highest BCUT2D eigenvalue weighted by molar-refractivity contribution is 6.31. The maximum atomic E-state index is 12.4. The van der Waals surface area contributed by atoms with Crippen molar-refractivity contribution in [3.8, 4) is 0 Å². The normalized spacial score (nSPS) is 11.6. The van der Waals surface area contributed by atoms with Gasteiger partial charge in [-0.05, 0) is 30.2 Å². The smallest absolute Gasteiger partial charge is 0.251 e. The summed E-state index contributed by atoms with van der Waals surface area (Å²) in [5, 5.41) is 0.602.